The van der Waals surface area contributed by atoms with Gasteiger partial charge in [0.25, 0.3) is 0 Å². The first-order valence-corrected chi connectivity index (χ1v) is 14.1. The van der Waals surface area contributed by atoms with E-state index in [1.165, 1.54) is 75.2 Å². The third-order valence-electron chi connectivity index (χ3n) is 8.10. The van der Waals surface area contributed by atoms with Gasteiger partial charge in [-0.05, 0) is 42.5 Å². The molecule has 0 bridgehead atoms. The lowest BCUT2D eigenvalue weighted by Crippen LogP contribution is -1.99. The molecule has 6 aromatic carbocycles. The van der Waals surface area contributed by atoms with Crippen LogP contribution in [0.3, 0.4) is 0 Å². The number of fused-ring (bicyclic) bond motifs is 10. The quantitative estimate of drug-likeness (QED) is 0.217. The van der Waals surface area contributed by atoms with Crippen molar-refractivity contribution in [2.24, 2.45) is 0 Å². The maximum atomic E-state index is 2.52. The zero-order valence-corrected chi connectivity index (χ0v) is 21.8. The van der Waals surface area contributed by atoms with E-state index in [9.17, 15) is 0 Å². The molecule has 0 unspecified atom stereocenters. The zero-order chi connectivity index (χ0) is 25.5. The van der Waals surface area contributed by atoms with Crippen LogP contribution in [0.2, 0.25) is 0 Å². The Kier molecular flexibility index (Phi) is 4.24. The number of para-hydroxylation sites is 3. The first-order valence-electron chi connectivity index (χ1n) is 13.3. The summed E-state index contributed by atoms with van der Waals surface area (Å²) in [5.74, 6) is 0. The molecule has 9 rings (SSSR count). The van der Waals surface area contributed by atoms with Crippen molar-refractivity contribution in [3.05, 3.63) is 133 Å². The number of benzene rings is 6. The van der Waals surface area contributed by atoms with Gasteiger partial charge in [-0.25, -0.2) is 0 Å². The number of hydrogen-bond acceptors (Lipinski definition) is 1. The van der Waals surface area contributed by atoms with E-state index in [2.05, 4.69) is 143 Å². The average Bonchev–Trinajstić information content (AvgIpc) is 3.65. The summed E-state index contributed by atoms with van der Waals surface area (Å²) in [6, 6.07) is 48.6. The van der Waals surface area contributed by atoms with Gasteiger partial charge in [-0.2, -0.15) is 0 Å². The molecule has 0 saturated heterocycles. The lowest BCUT2D eigenvalue weighted by molar-refractivity contribution is 1.16. The van der Waals surface area contributed by atoms with Crippen LogP contribution in [0, 0.1) is 0 Å². The van der Waals surface area contributed by atoms with Crippen LogP contribution < -0.4 is 0 Å². The maximum Gasteiger partial charge on any atom is 0.0789 e. The van der Waals surface area contributed by atoms with Gasteiger partial charge < -0.3 is 9.13 Å². The maximum absolute atomic E-state index is 2.52. The van der Waals surface area contributed by atoms with E-state index in [0.717, 1.165) is 0 Å². The number of hydrogen-bond donors (Lipinski definition) is 0. The van der Waals surface area contributed by atoms with Crippen molar-refractivity contribution >= 4 is 75.1 Å². The van der Waals surface area contributed by atoms with E-state index < -0.39 is 0 Å². The normalized spacial score (nSPS) is 12.1. The molecule has 0 atom stereocenters. The molecule has 0 aliphatic carbocycles. The van der Waals surface area contributed by atoms with Gasteiger partial charge in [0.15, 0.2) is 0 Å². The second-order valence-corrected chi connectivity index (χ2v) is 11.2. The predicted molar refractivity (Wildman–Crippen MR) is 168 cm³/mol. The van der Waals surface area contributed by atoms with Gasteiger partial charge in [-0.1, -0.05) is 91.0 Å². The van der Waals surface area contributed by atoms with Crippen LogP contribution in [0.25, 0.3) is 75.2 Å². The highest BCUT2D eigenvalue weighted by molar-refractivity contribution is 7.25. The predicted octanol–water partition coefficient (Wildman–Crippen LogP) is 10.2. The fourth-order valence-corrected chi connectivity index (χ4v) is 7.67. The molecule has 0 radical (unpaired) electrons. The Balaban J connectivity index is 1.58. The van der Waals surface area contributed by atoms with Crippen molar-refractivity contribution in [3.8, 4) is 11.4 Å². The Hall–Kier alpha value is -4.86. The molecule has 3 aromatic heterocycles. The largest absolute Gasteiger partial charge is 0.307 e. The number of aromatic nitrogens is 2. The number of thiophene rings is 1. The molecule has 3 heteroatoms. The zero-order valence-electron chi connectivity index (χ0n) is 21.0. The minimum atomic E-state index is 1.17. The first kappa shape index (κ1) is 21.1. The fourth-order valence-electron chi connectivity index (χ4n) is 6.54. The van der Waals surface area contributed by atoms with Crippen LogP contribution >= 0.6 is 11.3 Å². The van der Waals surface area contributed by atoms with Crippen molar-refractivity contribution in [2.45, 2.75) is 0 Å². The fraction of sp³-hybridized carbons (Fsp3) is 0. The van der Waals surface area contributed by atoms with E-state index in [4.69, 9.17) is 0 Å². The van der Waals surface area contributed by atoms with E-state index in [0.29, 0.717) is 0 Å². The molecule has 0 fully saturated rings. The van der Waals surface area contributed by atoms with E-state index >= 15 is 0 Å². The van der Waals surface area contributed by atoms with Gasteiger partial charge in [0.2, 0.25) is 0 Å². The highest BCUT2D eigenvalue weighted by Gasteiger charge is 2.22. The molecule has 0 saturated carbocycles. The van der Waals surface area contributed by atoms with Gasteiger partial charge in [0, 0.05) is 47.4 Å². The Morgan fingerprint density at radius 3 is 1.69 bits per heavy atom. The third-order valence-corrected chi connectivity index (χ3v) is 9.24. The Morgan fingerprint density at radius 1 is 0.385 bits per heavy atom. The summed E-state index contributed by atoms with van der Waals surface area (Å²) < 4.78 is 7.61. The summed E-state index contributed by atoms with van der Waals surface area (Å²) >= 11 is 1.87. The van der Waals surface area contributed by atoms with Crippen molar-refractivity contribution in [1.29, 1.82) is 0 Å². The summed E-state index contributed by atoms with van der Waals surface area (Å²) in [7, 11) is 0. The van der Waals surface area contributed by atoms with Gasteiger partial charge in [-0.15, -0.1) is 11.3 Å². The molecule has 9 aromatic rings. The molecule has 0 amide bonds. The number of rotatable bonds is 2. The van der Waals surface area contributed by atoms with Crippen LogP contribution in [-0.2, 0) is 0 Å². The molecule has 0 spiro atoms. The van der Waals surface area contributed by atoms with Crippen molar-refractivity contribution in [2.75, 3.05) is 0 Å². The summed E-state index contributed by atoms with van der Waals surface area (Å²) in [6.45, 7) is 0. The SMILES string of the molecule is c1ccc(-n2c3ccccc3c3ccc4c5ccccc5n(-c5cccc6sc7ccccc7c56)c4c32)cc1. The summed E-state index contributed by atoms with van der Waals surface area (Å²) in [5, 5.41) is 7.72. The van der Waals surface area contributed by atoms with Crippen LogP contribution in [0.1, 0.15) is 0 Å². The van der Waals surface area contributed by atoms with E-state index in [1.54, 1.807) is 0 Å². The highest BCUT2D eigenvalue weighted by atomic mass is 32.1. The molecule has 39 heavy (non-hydrogen) atoms. The van der Waals surface area contributed by atoms with Crippen molar-refractivity contribution < 1.29 is 0 Å². The van der Waals surface area contributed by atoms with Crippen LogP contribution in [0.4, 0.5) is 0 Å². The first-order chi connectivity index (χ1) is 19.4. The lowest BCUT2D eigenvalue weighted by Gasteiger charge is -2.13. The van der Waals surface area contributed by atoms with Gasteiger partial charge in [-0.3, -0.25) is 0 Å². The molecule has 0 N–H and O–H groups in total. The van der Waals surface area contributed by atoms with Gasteiger partial charge in [0.1, 0.15) is 0 Å². The Bertz CT molecular complexity index is 2390. The molecule has 0 aliphatic heterocycles. The average molecular weight is 515 g/mol. The second kappa shape index (κ2) is 7.83. The monoisotopic (exact) mass is 514 g/mol. The minimum absolute atomic E-state index is 1.17. The molecule has 182 valence electrons. The van der Waals surface area contributed by atoms with Crippen molar-refractivity contribution in [1.82, 2.24) is 9.13 Å². The van der Waals surface area contributed by atoms with Crippen LogP contribution in [-0.4, -0.2) is 9.13 Å². The minimum Gasteiger partial charge on any atom is -0.307 e. The molecule has 2 nitrogen and oxygen atoms in total. The van der Waals surface area contributed by atoms with E-state index in [-0.39, 0.29) is 0 Å². The van der Waals surface area contributed by atoms with Crippen molar-refractivity contribution in [3.63, 3.8) is 0 Å². The number of nitrogens with zero attached hydrogens (tertiary/aromatic N) is 2. The Labute approximate surface area is 228 Å². The third kappa shape index (κ3) is 2.80. The Morgan fingerprint density at radius 2 is 0.949 bits per heavy atom. The standard InChI is InChI=1S/C36H22N2S/c1-2-11-23(12-3-1)37-29-16-7-4-13-24(29)26-21-22-27-25-14-5-8-17-30(25)38(36(27)35(26)37)31-18-10-20-33-34(31)28-15-6-9-19-32(28)39-33/h1-22H. The van der Waals surface area contributed by atoms with E-state index in [1.807, 2.05) is 11.3 Å². The molecule has 0 aliphatic rings. The lowest BCUT2D eigenvalue weighted by atomic mass is 10.1. The second-order valence-electron chi connectivity index (χ2n) is 10.1. The summed E-state index contributed by atoms with van der Waals surface area (Å²) in [4.78, 5) is 0. The van der Waals surface area contributed by atoms with Gasteiger partial charge in [0.05, 0.1) is 27.8 Å². The topological polar surface area (TPSA) is 9.86 Å². The molecular weight excluding hydrogens is 492 g/mol. The smallest absolute Gasteiger partial charge is 0.0789 e. The van der Waals surface area contributed by atoms with Crippen LogP contribution in [0.5, 0.6) is 0 Å². The van der Waals surface area contributed by atoms with Gasteiger partial charge >= 0.3 is 0 Å². The van der Waals surface area contributed by atoms with Crippen LogP contribution in [0.15, 0.2) is 133 Å². The highest BCUT2D eigenvalue weighted by Crippen LogP contribution is 2.44. The molecular formula is C36H22N2S. The molecule has 3 heterocycles. The summed E-state index contributed by atoms with van der Waals surface area (Å²) in [6.07, 6.45) is 0. The summed E-state index contributed by atoms with van der Waals surface area (Å²) in [5.41, 5.74) is 7.35.